The number of nitriles is 1. The van der Waals surface area contributed by atoms with Gasteiger partial charge in [-0.25, -0.2) is 4.79 Å². The van der Waals surface area contributed by atoms with Crippen LogP contribution in [0.2, 0.25) is 5.02 Å². The van der Waals surface area contributed by atoms with Gasteiger partial charge in [0.05, 0.1) is 6.61 Å². The number of likely N-dealkylation sites (tertiary alicyclic amines) is 1. The van der Waals surface area contributed by atoms with Gasteiger partial charge in [0.1, 0.15) is 11.6 Å². The summed E-state index contributed by atoms with van der Waals surface area (Å²) in [5, 5.41) is 15.6. The van der Waals surface area contributed by atoms with Crippen molar-refractivity contribution in [2.75, 3.05) is 19.7 Å². The molecule has 1 heterocycles. The Morgan fingerprint density at radius 2 is 2.07 bits per heavy atom. The van der Waals surface area contributed by atoms with Crippen LogP contribution in [0.3, 0.4) is 0 Å². The quantitative estimate of drug-likeness (QED) is 0.575. The number of ether oxygens (including phenoxy) is 1. The Balaban J connectivity index is 1.82. The lowest BCUT2D eigenvalue weighted by Gasteiger charge is -2.31. The van der Waals surface area contributed by atoms with Crippen molar-refractivity contribution in [1.29, 1.82) is 5.26 Å². The van der Waals surface area contributed by atoms with E-state index >= 15 is 0 Å². The van der Waals surface area contributed by atoms with Crippen molar-refractivity contribution < 1.29 is 14.3 Å². The number of hydrogen-bond acceptors (Lipinski definition) is 5. The summed E-state index contributed by atoms with van der Waals surface area (Å²) in [7, 11) is 0. The van der Waals surface area contributed by atoms with E-state index in [1.165, 1.54) is 6.20 Å². The Bertz CT molecular complexity index is 737. The standard InChI is InChI=1S/C19H23ClN4O3/c1-2-27-19(26)24-9-7-16(8-10-24)22-13-15(11-21)18(25)23-12-14-5-3-4-6-17(14)20/h3-6,13,16,22H,2,7-10,12H2,1H3,(H,23,25)/b15-13-. The molecular weight excluding hydrogens is 368 g/mol. The first-order valence-corrected chi connectivity index (χ1v) is 9.22. The van der Waals surface area contributed by atoms with Gasteiger partial charge in [-0.15, -0.1) is 0 Å². The Hall–Kier alpha value is -2.72. The summed E-state index contributed by atoms with van der Waals surface area (Å²) >= 11 is 6.06. The Labute approximate surface area is 163 Å². The highest BCUT2D eigenvalue weighted by molar-refractivity contribution is 6.31. The number of rotatable bonds is 6. The van der Waals surface area contributed by atoms with Gasteiger partial charge < -0.3 is 20.3 Å². The minimum Gasteiger partial charge on any atom is -0.450 e. The number of benzene rings is 1. The zero-order valence-electron chi connectivity index (χ0n) is 15.2. The van der Waals surface area contributed by atoms with Gasteiger partial charge in [0.2, 0.25) is 0 Å². The van der Waals surface area contributed by atoms with Gasteiger partial charge >= 0.3 is 6.09 Å². The molecule has 0 saturated carbocycles. The second-order valence-corrected chi connectivity index (χ2v) is 6.48. The smallest absolute Gasteiger partial charge is 0.409 e. The molecule has 0 atom stereocenters. The highest BCUT2D eigenvalue weighted by Gasteiger charge is 2.23. The monoisotopic (exact) mass is 390 g/mol. The van der Waals surface area contributed by atoms with Gasteiger partial charge in [0, 0.05) is 36.9 Å². The number of halogens is 1. The van der Waals surface area contributed by atoms with Gasteiger partial charge in [-0.3, -0.25) is 4.79 Å². The van der Waals surface area contributed by atoms with Gasteiger partial charge in [0.25, 0.3) is 5.91 Å². The van der Waals surface area contributed by atoms with Crippen LogP contribution < -0.4 is 10.6 Å². The molecule has 0 unspecified atom stereocenters. The lowest BCUT2D eigenvalue weighted by molar-refractivity contribution is -0.117. The summed E-state index contributed by atoms with van der Waals surface area (Å²) in [6.07, 6.45) is 2.57. The van der Waals surface area contributed by atoms with E-state index in [0.29, 0.717) is 24.7 Å². The normalized spacial score (nSPS) is 15.0. The summed E-state index contributed by atoms with van der Waals surface area (Å²) < 4.78 is 4.98. The zero-order chi connectivity index (χ0) is 19.6. The Morgan fingerprint density at radius 1 is 1.37 bits per heavy atom. The SMILES string of the molecule is CCOC(=O)N1CCC(N/C=C(/C#N)C(=O)NCc2ccccc2Cl)CC1. The molecule has 2 amide bonds. The first-order chi connectivity index (χ1) is 13.0. The van der Waals surface area contributed by atoms with Crippen molar-refractivity contribution in [2.45, 2.75) is 32.4 Å². The number of piperidine rings is 1. The molecule has 8 heteroatoms. The maximum absolute atomic E-state index is 12.2. The van der Waals surface area contributed by atoms with Crippen molar-refractivity contribution in [3.8, 4) is 6.07 Å². The molecule has 0 spiro atoms. The number of carbonyl (C=O) groups is 2. The van der Waals surface area contributed by atoms with Crippen LogP contribution in [-0.4, -0.2) is 42.6 Å². The third-order valence-corrected chi connectivity index (χ3v) is 4.62. The molecule has 0 radical (unpaired) electrons. The Kier molecular flexibility index (Phi) is 7.96. The molecule has 7 nitrogen and oxygen atoms in total. The third-order valence-electron chi connectivity index (χ3n) is 4.25. The zero-order valence-corrected chi connectivity index (χ0v) is 16.0. The van der Waals surface area contributed by atoms with E-state index in [1.54, 1.807) is 17.9 Å². The van der Waals surface area contributed by atoms with E-state index in [4.69, 9.17) is 16.3 Å². The summed E-state index contributed by atoms with van der Waals surface area (Å²) in [6.45, 7) is 3.52. The van der Waals surface area contributed by atoms with Gasteiger partial charge in [-0.05, 0) is 31.4 Å². The first-order valence-electron chi connectivity index (χ1n) is 8.84. The van der Waals surface area contributed by atoms with Crippen LogP contribution in [0.15, 0.2) is 36.0 Å². The molecule has 0 aliphatic carbocycles. The molecule has 1 saturated heterocycles. The number of hydrogen-bond donors (Lipinski definition) is 2. The maximum atomic E-state index is 12.2. The highest BCUT2D eigenvalue weighted by atomic mass is 35.5. The van der Waals surface area contributed by atoms with Crippen molar-refractivity contribution in [1.82, 2.24) is 15.5 Å². The molecular formula is C19H23ClN4O3. The average molecular weight is 391 g/mol. The number of nitrogens with one attached hydrogen (secondary N) is 2. The molecule has 1 aliphatic rings. The van der Waals surface area contributed by atoms with Crippen LogP contribution >= 0.6 is 11.6 Å². The second-order valence-electron chi connectivity index (χ2n) is 6.07. The van der Waals surface area contributed by atoms with Crippen LogP contribution in [0.25, 0.3) is 0 Å². The van der Waals surface area contributed by atoms with Gasteiger partial charge in [-0.2, -0.15) is 5.26 Å². The lowest BCUT2D eigenvalue weighted by atomic mass is 10.1. The molecule has 1 aromatic rings. The van der Waals surface area contributed by atoms with E-state index in [1.807, 2.05) is 24.3 Å². The number of carbonyl (C=O) groups excluding carboxylic acids is 2. The molecule has 0 aromatic heterocycles. The topological polar surface area (TPSA) is 94.5 Å². The van der Waals surface area contributed by atoms with Gasteiger partial charge in [-0.1, -0.05) is 29.8 Å². The molecule has 2 rings (SSSR count). The average Bonchev–Trinajstić information content (AvgIpc) is 2.68. The van der Waals surface area contributed by atoms with Crippen LogP contribution in [-0.2, 0) is 16.1 Å². The predicted molar refractivity (Wildman–Crippen MR) is 102 cm³/mol. The van der Waals surface area contributed by atoms with Crippen molar-refractivity contribution in [3.63, 3.8) is 0 Å². The van der Waals surface area contributed by atoms with E-state index in [2.05, 4.69) is 10.6 Å². The minimum atomic E-state index is -0.464. The van der Waals surface area contributed by atoms with E-state index in [-0.39, 0.29) is 24.3 Å². The molecule has 1 fully saturated rings. The number of amides is 2. The molecule has 144 valence electrons. The van der Waals surface area contributed by atoms with Crippen molar-refractivity contribution in [2.24, 2.45) is 0 Å². The van der Waals surface area contributed by atoms with Crippen LogP contribution in [0, 0.1) is 11.3 Å². The molecule has 1 aliphatic heterocycles. The fourth-order valence-electron chi connectivity index (χ4n) is 2.71. The summed E-state index contributed by atoms with van der Waals surface area (Å²) in [5.41, 5.74) is 0.777. The third kappa shape index (κ3) is 6.19. The van der Waals surface area contributed by atoms with Crippen LogP contribution in [0.4, 0.5) is 4.79 Å². The summed E-state index contributed by atoms with van der Waals surface area (Å²) in [6, 6.07) is 9.20. The predicted octanol–water partition coefficient (Wildman–Crippen LogP) is 2.57. The highest BCUT2D eigenvalue weighted by Crippen LogP contribution is 2.15. The fourth-order valence-corrected chi connectivity index (χ4v) is 2.91. The van der Waals surface area contributed by atoms with Crippen LogP contribution in [0.1, 0.15) is 25.3 Å². The van der Waals surface area contributed by atoms with Gasteiger partial charge in [0.15, 0.2) is 0 Å². The van der Waals surface area contributed by atoms with Crippen molar-refractivity contribution >= 4 is 23.6 Å². The minimum absolute atomic E-state index is 0.00474. The van der Waals surface area contributed by atoms with E-state index in [0.717, 1.165) is 18.4 Å². The molecule has 0 bridgehead atoms. The summed E-state index contributed by atoms with van der Waals surface area (Å²) in [4.78, 5) is 25.5. The lowest BCUT2D eigenvalue weighted by Crippen LogP contribution is -2.44. The fraction of sp³-hybridized carbons (Fsp3) is 0.421. The first kappa shape index (κ1) is 20.6. The largest absolute Gasteiger partial charge is 0.450 e. The van der Waals surface area contributed by atoms with E-state index < -0.39 is 5.91 Å². The second kappa shape index (κ2) is 10.4. The van der Waals surface area contributed by atoms with Crippen LogP contribution in [0.5, 0.6) is 0 Å². The van der Waals surface area contributed by atoms with Crippen molar-refractivity contribution in [3.05, 3.63) is 46.6 Å². The summed E-state index contributed by atoms with van der Waals surface area (Å²) in [5.74, 6) is -0.464. The Morgan fingerprint density at radius 3 is 2.70 bits per heavy atom. The number of nitrogens with zero attached hydrogens (tertiary/aromatic N) is 2. The maximum Gasteiger partial charge on any atom is 0.409 e. The van der Waals surface area contributed by atoms with E-state index in [9.17, 15) is 14.9 Å². The molecule has 27 heavy (non-hydrogen) atoms. The molecule has 2 N–H and O–H groups in total. The molecule has 1 aromatic carbocycles.